The van der Waals surface area contributed by atoms with Gasteiger partial charge < -0.3 is 15.0 Å². The third kappa shape index (κ3) is 4.19. The number of amides is 2. The van der Waals surface area contributed by atoms with E-state index in [1.165, 1.54) is 12.1 Å². The summed E-state index contributed by atoms with van der Waals surface area (Å²) in [5.74, 6) is 0. The Morgan fingerprint density at radius 2 is 2.30 bits per heavy atom. The molecular weight excluding hydrogens is 298 g/mol. The summed E-state index contributed by atoms with van der Waals surface area (Å²) in [4.78, 5) is 24.6. The molecule has 7 nitrogen and oxygen atoms in total. The Hall–Kier alpha value is -2.15. The molecule has 7 heteroatoms. The predicted molar refractivity (Wildman–Crippen MR) is 86.3 cm³/mol. The summed E-state index contributed by atoms with van der Waals surface area (Å²) >= 11 is 0. The van der Waals surface area contributed by atoms with Crippen molar-refractivity contribution >= 4 is 11.7 Å². The predicted octanol–water partition coefficient (Wildman–Crippen LogP) is 2.87. The van der Waals surface area contributed by atoms with Crippen LogP contribution in [-0.2, 0) is 4.74 Å². The van der Waals surface area contributed by atoms with Gasteiger partial charge in [-0.2, -0.15) is 0 Å². The van der Waals surface area contributed by atoms with Gasteiger partial charge in [-0.3, -0.25) is 10.1 Å². The van der Waals surface area contributed by atoms with E-state index >= 15 is 0 Å². The van der Waals surface area contributed by atoms with Crippen molar-refractivity contribution < 1.29 is 14.5 Å². The van der Waals surface area contributed by atoms with E-state index in [1.807, 2.05) is 20.8 Å². The van der Waals surface area contributed by atoms with E-state index in [9.17, 15) is 14.9 Å². The highest BCUT2D eigenvalue weighted by Gasteiger charge is 2.33. The average Bonchev–Trinajstić information content (AvgIpc) is 2.55. The van der Waals surface area contributed by atoms with Crippen molar-refractivity contribution in [1.82, 2.24) is 10.2 Å². The number of urea groups is 1. The highest BCUT2D eigenvalue weighted by Crippen LogP contribution is 2.22. The number of ether oxygens (including phenoxy) is 1. The van der Waals surface area contributed by atoms with E-state index in [2.05, 4.69) is 5.32 Å². The number of nitrogens with one attached hydrogen (secondary N) is 1. The Labute approximate surface area is 135 Å². The Morgan fingerprint density at radius 3 is 2.96 bits per heavy atom. The maximum Gasteiger partial charge on any atom is 0.318 e. The lowest BCUT2D eigenvalue weighted by Gasteiger charge is -2.40. The number of benzene rings is 1. The normalized spacial score (nSPS) is 22.5. The molecule has 1 aliphatic rings. The molecule has 1 saturated heterocycles. The molecule has 0 radical (unpaired) electrons. The molecule has 1 aromatic rings. The number of carbonyl (C=O) groups excluding carboxylic acids is 1. The number of nitro benzene ring substituents is 1. The molecule has 1 aliphatic heterocycles. The first-order chi connectivity index (χ1) is 10.8. The Bertz CT molecular complexity index is 592. The first-order valence-corrected chi connectivity index (χ1v) is 7.78. The second kappa shape index (κ2) is 6.95. The molecule has 1 heterocycles. The monoisotopic (exact) mass is 321 g/mol. The van der Waals surface area contributed by atoms with Gasteiger partial charge in [-0.05, 0) is 25.8 Å². The highest BCUT2D eigenvalue weighted by atomic mass is 16.6. The fourth-order valence-electron chi connectivity index (χ4n) is 2.59. The molecule has 126 valence electrons. The van der Waals surface area contributed by atoms with Crippen LogP contribution in [0, 0.1) is 10.1 Å². The van der Waals surface area contributed by atoms with Crippen molar-refractivity contribution in [3.05, 3.63) is 39.9 Å². The van der Waals surface area contributed by atoms with Crippen LogP contribution in [0.5, 0.6) is 0 Å². The molecule has 0 unspecified atom stereocenters. The number of morpholine rings is 1. The van der Waals surface area contributed by atoms with Crippen LogP contribution >= 0.6 is 0 Å². The van der Waals surface area contributed by atoms with Gasteiger partial charge in [-0.25, -0.2) is 4.79 Å². The van der Waals surface area contributed by atoms with Crippen molar-refractivity contribution in [2.75, 3.05) is 19.7 Å². The van der Waals surface area contributed by atoms with Gasteiger partial charge in [-0.15, -0.1) is 0 Å². The third-order valence-electron chi connectivity index (χ3n) is 4.29. The van der Waals surface area contributed by atoms with Crippen LogP contribution in [0.25, 0.3) is 0 Å². The third-order valence-corrected chi connectivity index (χ3v) is 4.29. The van der Waals surface area contributed by atoms with Crippen LogP contribution < -0.4 is 5.32 Å². The van der Waals surface area contributed by atoms with Crippen molar-refractivity contribution in [2.24, 2.45) is 0 Å². The van der Waals surface area contributed by atoms with Crippen LogP contribution in [0.1, 0.15) is 38.8 Å². The Balaban J connectivity index is 2.02. The molecule has 2 rings (SSSR count). The fourth-order valence-corrected chi connectivity index (χ4v) is 2.59. The second-order valence-corrected chi connectivity index (χ2v) is 6.10. The van der Waals surface area contributed by atoms with Gasteiger partial charge in [0.15, 0.2) is 0 Å². The molecule has 1 N–H and O–H groups in total. The number of non-ortho nitro benzene ring substituents is 1. The first kappa shape index (κ1) is 17.2. The minimum absolute atomic E-state index is 0.0218. The zero-order chi connectivity index (χ0) is 17.0. The number of hydrogen-bond donors (Lipinski definition) is 1. The molecule has 0 bridgehead atoms. The van der Waals surface area contributed by atoms with E-state index < -0.39 is 4.92 Å². The van der Waals surface area contributed by atoms with Gasteiger partial charge >= 0.3 is 6.03 Å². The SMILES string of the molecule is CC[C@]1(C)CN(C(=O)N[C@@H](C)c2cccc([N+](=O)[O-])c2)CCO1. The molecule has 0 aromatic heterocycles. The summed E-state index contributed by atoms with van der Waals surface area (Å²) in [6.45, 7) is 7.45. The number of hydrogen-bond acceptors (Lipinski definition) is 4. The standard InChI is InChI=1S/C16H23N3O4/c1-4-16(3)11-18(8-9-23-16)15(20)17-12(2)13-6-5-7-14(10-13)19(21)22/h5-7,10,12H,4,8-9,11H2,1-3H3,(H,17,20)/t12-,16+/m0/s1. The summed E-state index contributed by atoms with van der Waals surface area (Å²) in [5, 5.41) is 13.7. The zero-order valence-electron chi connectivity index (χ0n) is 13.7. The maximum absolute atomic E-state index is 12.4. The van der Waals surface area contributed by atoms with E-state index in [4.69, 9.17) is 4.74 Å². The lowest BCUT2D eigenvalue weighted by atomic mass is 10.0. The second-order valence-electron chi connectivity index (χ2n) is 6.10. The van der Waals surface area contributed by atoms with Gasteiger partial charge in [0, 0.05) is 18.7 Å². The lowest BCUT2D eigenvalue weighted by molar-refractivity contribution is -0.384. The van der Waals surface area contributed by atoms with E-state index in [1.54, 1.807) is 17.0 Å². The van der Waals surface area contributed by atoms with Crippen LogP contribution in [0.3, 0.4) is 0 Å². The fraction of sp³-hybridized carbons (Fsp3) is 0.562. The molecule has 0 aliphatic carbocycles. The van der Waals surface area contributed by atoms with Gasteiger partial charge in [0.2, 0.25) is 0 Å². The molecule has 2 atom stereocenters. The minimum Gasteiger partial charge on any atom is -0.372 e. The molecule has 23 heavy (non-hydrogen) atoms. The van der Waals surface area contributed by atoms with Crippen molar-refractivity contribution in [3.63, 3.8) is 0 Å². The molecule has 0 saturated carbocycles. The van der Waals surface area contributed by atoms with Crippen LogP contribution in [0.4, 0.5) is 10.5 Å². The van der Waals surface area contributed by atoms with Crippen LogP contribution in [0.2, 0.25) is 0 Å². The quantitative estimate of drug-likeness (QED) is 0.682. The highest BCUT2D eigenvalue weighted by molar-refractivity contribution is 5.75. The Kier molecular flexibility index (Phi) is 5.20. The smallest absolute Gasteiger partial charge is 0.318 e. The average molecular weight is 321 g/mol. The van der Waals surface area contributed by atoms with Crippen molar-refractivity contribution in [3.8, 4) is 0 Å². The van der Waals surface area contributed by atoms with Crippen molar-refractivity contribution in [2.45, 2.75) is 38.8 Å². The van der Waals surface area contributed by atoms with Gasteiger partial charge in [0.1, 0.15) is 0 Å². The molecular formula is C16H23N3O4. The summed E-state index contributed by atoms with van der Waals surface area (Å²) in [5.41, 5.74) is 0.414. The number of carbonyl (C=O) groups is 1. The van der Waals surface area contributed by atoms with E-state index in [0.717, 1.165) is 6.42 Å². The molecule has 1 aromatic carbocycles. The summed E-state index contributed by atoms with van der Waals surface area (Å²) in [7, 11) is 0. The number of rotatable bonds is 4. The zero-order valence-corrected chi connectivity index (χ0v) is 13.7. The maximum atomic E-state index is 12.4. The first-order valence-electron chi connectivity index (χ1n) is 7.78. The largest absolute Gasteiger partial charge is 0.372 e. The van der Waals surface area contributed by atoms with Crippen LogP contribution in [0.15, 0.2) is 24.3 Å². The molecule has 1 fully saturated rings. The van der Waals surface area contributed by atoms with Gasteiger partial charge in [0.25, 0.3) is 5.69 Å². The van der Waals surface area contributed by atoms with E-state index in [0.29, 0.717) is 25.3 Å². The molecule has 2 amide bonds. The summed E-state index contributed by atoms with van der Waals surface area (Å²) in [6, 6.07) is 5.84. The number of nitrogens with zero attached hydrogens (tertiary/aromatic N) is 2. The van der Waals surface area contributed by atoms with Gasteiger partial charge in [-0.1, -0.05) is 19.1 Å². The molecule has 0 spiro atoms. The lowest BCUT2D eigenvalue weighted by Crippen LogP contribution is -2.54. The summed E-state index contributed by atoms with van der Waals surface area (Å²) < 4.78 is 5.73. The summed E-state index contributed by atoms with van der Waals surface area (Å²) in [6.07, 6.45) is 0.831. The minimum atomic E-state index is -0.438. The Morgan fingerprint density at radius 1 is 1.57 bits per heavy atom. The van der Waals surface area contributed by atoms with E-state index in [-0.39, 0.29) is 23.4 Å². The van der Waals surface area contributed by atoms with Crippen molar-refractivity contribution in [1.29, 1.82) is 0 Å². The number of nitro groups is 1. The van der Waals surface area contributed by atoms with Crippen LogP contribution in [-0.4, -0.2) is 41.2 Å². The topological polar surface area (TPSA) is 84.7 Å². The van der Waals surface area contributed by atoms with Gasteiger partial charge in [0.05, 0.1) is 29.7 Å².